The van der Waals surface area contributed by atoms with Gasteiger partial charge in [-0.05, 0) is 37.1 Å². The van der Waals surface area contributed by atoms with Gasteiger partial charge in [0.1, 0.15) is 6.29 Å². The second-order valence-corrected chi connectivity index (χ2v) is 6.97. The predicted octanol–water partition coefficient (Wildman–Crippen LogP) is 2.72. The Labute approximate surface area is 150 Å². The number of hydrogen-bond donors (Lipinski definition) is 0. The van der Waals surface area contributed by atoms with Gasteiger partial charge in [0.25, 0.3) is 0 Å². The van der Waals surface area contributed by atoms with Crippen LogP contribution in [0.3, 0.4) is 0 Å². The minimum Gasteiger partial charge on any atom is -0.490 e. The van der Waals surface area contributed by atoms with E-state index >= 15 is 0 Å². The summed E-state index contributed by atoms with van der Waals surface area (Å²) in [5.41, 5.74) is 1.30. The molecule has 2 heterocycles. The van der Waals surface area contributed by atoms with Gasteiger partial charge in [0, 0.05) is 45.6 Å². The first-order valence-electron chi connectivity index (χ1n) is 9.62. The zero-order chi connectivity index (χ0) is 17.3. The predicted molar refractivity (Wildman–Crippen MR) is 98.3 cm³/mol. The quantitative estimate of drug-likeness (QED) is 0.535. The molecule has 1 aromatic rings. The van der Waals surface area contributed by atoms with Crippen LogP contribution in [0.2, 0.25) is 0 Å². The summed E-state index contributed by atoms with van der Waals surface area (Å²) in [5, 5.41) is 0. The van der Waals surface area contributed by atoms with Gasteiger partial charge in [0.15, 0.2) is 11.5 Å². The number of carbonyl (C=O) groups is 1. The van der Waals surface area contributed by atoms with E-state index in [1.54, 1.807) is 0 Å². The highest BCUT2D eigenvalue weighted by atomic mass is 16.5. The lowest BCUT2D eigenvalue weighted by molar-refractivity contribution is -0.107. The van der Waals surface area contributed by atoms with Crippen LogP contribution in [-0.2, 0) is 11.3 Å². The number of rotatable bonds is 8. The molecular formula is C20H30N2O3. The van der Waals surface area contributed by atoms with Crippen molar-refractivity contribution < 1.29 is 14.3 Å². The van der Waals surface area contributed by atoms with Gasteiger partial charge in [0.05, 0.1) is 13.2 Å². The van der Waals surface area contributed by atoms with E-state index < -0.39 is 0 Å². The molecule has 1 fully saturated rings. The third kappa shape index (κ3) is 5.72. The maximum absolute atomic E-state index is 10.3. The van der Waals surface area contributed by atoms with Crippen LogP contribution >= 0.6 is 0 Å². The zero-order valence-corrected chi connectivity index (χ0v) is 15.1. The van der Waals surface area contributed by atoms with E-state index in [1.165, 1.54) is 12.0 Å². The van der Waals surface area contributed by atoms with Gasteiger partial charge in [-0.2, -0.15) is 0 Å². The molecule has 3 rings (SSSR count). The lowest BCUT2D eigenvalue weighted by atomic mass is 10.1. The van der Waals surface area contributed by atoms with Gasteiger partial charge in [0.2, 0.25) is 0 Å². The smallest absolute Gasteiger partial charge is 0.161 e. The molecule has 5 heteroatoms. The first-order chi connectivity index (χ1) is 12.3. The molecule has 138 valence electrons. The Kier molecular flexibility index (Phi) is 7.12. The maximum Gasteiger partial charge on any atom is 0.161 e. The Balaban J connectivity index is 1.40. The van der Waals surface area contributed by atoms with Crippen LogP contribution in [0.4, 0.5) is 0 Å². The summed E-state index contributed by atoms with van der Waals surface area (Å²) in [7, 11) is 0. The summed E-state index contributed by atoms with van der Waals surface area (Å²) < 4.78 is 11.5. The number of ether oxygens (including phenoxy) is 2. The van der Waals surface area contributed by atoms with E-state index in [9.17, 15) is 4.79 Å². The van der Waals surface area contributed by atoms with E-state index in [2.05, 4.69) is 21.9 Å². The third-order valence-electron chi connectivity index (χ3n) is 4.98. The molecule has 0 unspecified atom stereocenters. The number of hydrogen-bond acceptors (Lipinski definition) is 5. The van der Waals surface area contributed by atoms with E-state index in [-0.39, 0.29) is 0 Å². The van der Waals surface area contributed by atoms with Gasteiger partial charge < -0.3 is 19.2 Å². The Morgan fingerprint density at radius 2 is 1.68 bits per heavy atom. The molecule has 0 saturated carbocycles. The van der Waals surface area contributed by atoms with Gasteiger partial charge in [-0.15, -0.1) is 0 Å². The van der Waals surface area contributed by atoms with Crippen LogP contribution in [-0.4, -0.2) is 62.0 Å². The Hall–Kier alpha value is -1.59. The molecule has 25 heavy (non-hydrogen) atoms. The number of benzene rings is 1. The molecule has 0 bridgehead atoms. The molecule has 0 amide bonds. The number of fused-ring (bicyclic) bond motifs is 1. The second-order valence-electron chi connectivity index (χ2n) is 6.97. The van der Waals surface area contributed by atoms with Crippen LogP contribution in [0.5, 0.6) is 11.5 Å². The number of piperazine rings is 1. The standard InChI is InChI=1S/C20H30N2O3/c23-13-4-2-1-3-8-21-9-11-22(12-10-21)17-18-6-7-19-20(16-18)25-15-5-14-24-19/h6-7,13,16H,1-5,8-12,14-15,17H2. The van der Waals surface area contributed by atoms with E-state index in [4.69, 9.17) is 9.47 Å². The monoisotopic (exact) mass is 346 g/mol. The van der Waals surface area contributed by atoms with Crippen molar-refractivity contribution in [1.29, 1.82) is 0 Å². The SMILES string of the molecule is O=CCCCCCN1CCN(Cc2ccc3c(c2)OCCCO3)CC1. The summed E-state index contributed by atoms with van der Waals surface area (Å²) >= 11 is 0. The summed E-state index contributed by atoms with van der Waals surface area (Å²) in [6, 6.07) is 6.35. The summed E-state index contributed by atoms with van der Waals surface area (Å²) in [6.07, 6.45) is 6.09. The van der Waals surface area contributed by atoms with Gasteiger partial charge >= 0.3 is 0 Å². The lowest BCUT2D eigenvalue weighted by Crippen LogP contribution is -2.46. The van der Waals surface area contributed by atoms with Gasteiger partial charge in [-0.1, -0.05) is 12.5 Å². The van der Waals surface area contributed by atoms with Crippen molar-refractivity contribution >= 4 is 6.29 Å². The average molecular weight is 346 g/mol. The van der Waals surface area contributed by atoms with Crippen molar-refractivity contribution in [2.45, 2.75) is 38.6 Å². The number of unbranched alkanes of at least 4 members (excludes halogenated alkanes) is 3. The maximum atomic E-state index is 10.3. The van der Waals surface area contributed by atoms with Crippen LogP contribution in [0.25, 0.3) is 0 Å². The number of nitrogens with zero attached hydrogens (tertiary/aromatic N) is 2. The highest BCUT2D eigenvalue weighted by molar-refractivity contribution is 5.48. The van der Waals surface area contributed by atoms with Crippen molar-refractivity contribution in [2.75, 3.05) is 45.9 Å². The average Bonchev–Trinajstić information content (AvgIpc) is 2.88. The first kappa shape index (κ1) is 18.2. The summed E-state index contributed by atoms with van der Waals surface area (Å²) in [5.74, 6) is 1.77. The molecule has 5 nitrogen and oxygen atoms in total. The van der Waals surface area contributed by atoms with Crippen molar-refractivity contribution in [3.63, 3.8) is 0 Å². The van der Waals surface area contributed by atoms with Crippen LogP contribution in [0.1, 0.15) is 37.7 Å². The van der Waals surface area contributed by atoms with Crippen LogP contribution in [0, 0.1) is 0 Å². The van der Waals surface area contributed by atoms with Gasteiger partial charge in [-0.3, -0.25) is 4.90 Å². The van der Waals surface area contributed by atoms with E-state index in [0.717, 1.165) is 89.5 Å². The lowest BCUT2D eigenvalue weighted by Gasteiger charge is -2.34. The topological polar surface area (TPSA) is 42.0 Å². The highest BCUT2D eigenvalue weighted by Crippen LogP contribution is 2.30. The van der Waals surface area contributed by atoms with Gasteiger partial charge in [-0.25, -0.2) is 0 Å². The minimum atomic E-state index is 0.712. The Bertz CT molecular complexity index is 542. The molecule has 1 aromatic carbocycles. The fourth-order valence-electron chi connectivity index (χ4n) is 3.48. The molecule has 0 radical (unpaired) electrons. The summed E-state index contributed by atoms with van der Waals surface area (Å²) in [6.45, 7) is 8.12. The second kappa shape index (κ2) is 9.78. The third-order valence-corrected chi connectivity index (χ3v) is 4.98. The molecular weight excluding hydrogens is 316 g/mol. The van der Waals surface area contributed by atoms with E-state index in [0.29, 0.717) is 6.42 Å². The molecule has 0 spiro atoms. The van der Waals surface area contributed by atoms with Crippen molar-refractivity contribution in [3.05, 3.63) is 23.8 Å². The van der Waals surface area contributed by atoms with Crippen LogP contribution in [0.15, 0.2) is 18.2 Å². The zero-order valence-electron chi connectivity index (χ0n) is 15.1. The Morgan fingerprint density at radius 1 is 0.920 bits per heavy atom. The minimum absolute atomic E-state index is 0.712. The fraction of sp³-hybridized carbons (Fsp3) is 0.650. The Morgan fingerprint density at radius 3 is 2.48 bits per heavy atom. The first-order valence-corrected chi connectivity index (χ1v) is 9.62. The molecule has 0 aliphatic carbocycles. The molecule has 0 aromatic heterocycles. The molecule has 1 saturated heterocycles. The van der Waals surface area contributed by atoms with Crippen LogP contribution < -0.4 is 9.47 Å². The molecule has 2 aliphatic rings. The van der Waals surface area contributed by atoms with Crippen molar-refractivity contribution in [2.24, 2.45) is 0 Å². The summed E-state index contributed by atoms with van der Waals surface area (Å²) in [4.78, 5) is 15.4. The normalized spacial score (nSPS) is 18.7. The number of carbonyl (C=O) groups excluding carboxylic acids is 1. The van der Waals surface area contributed by atoms with E-state index in [1.807, 2.05) is 6.07 Å². The fourth-order valence-corrected chi connectivity index (χ4v) is 3.48. The highest BCUT2D eigenvalue weighted by Gasteiger charge is 2.17. The largest absolute Gasteiger partial charge is 0.490 e. The number of aldehydes is 1. The van der Waals surface area contributed by atoms with Crippen molar-refractivity contribution in [1.82, 2.24) is 9.80 Å². The van der Waals surface area contributed by atoms with Crippen molar-refractivity contribution in [3.8, 4) is 11.5 Å². The molecule has 2 aliphatic heterocycles. The molecule has 0 N–H and O–H groups in total. The molecule has 0 atom stereocenters.